The van der Waals surface area contributed by atoms with Crippen molar-refractivity contribution in [1.29, 1.82) is 0 Å². The SMILES string of the molecule is O=C(C=CN1CCC(N(Cc2ncc[nH]2)N2CCC(c3c[nH]c4ccccc34)CC2)CC1)c1cc(F)c(F)c(F)c1. The van der Waals surface area contributed by atoms with Crippen molar-refractivity contribution in [2.24, 2.45) is 0 Å². The van der Waals surface area contributed by atoms with E-state index >= 15 is 0 Å². The third-order valence-electron chi connectivity index (χ3n) is 8.39. The molecule has 7 nitrogen and oxygen atoms in total. The molecule has 2 aromatic carbocycles. The van der Waals surface area contributed by atoms with Crippen molar-refractivity contribution >= 4 is 16.7 Å². The molecule has 0 unspecified atom stereocenters. The molecular weight excluding hydrogens is 529 g/mol. The maximum Gasteiger partial charge on any atom is 0.194 e. The van der Waals surface area contributed by atoms with E-state index in [2.05, 4.69) is 55.4 Å². The first-order valence-corrected chi connectivity index (χ1v) is 14.1. The Labute approximate surface area is 236 Å². The van der Waals surface area contributed by atoms with Crippen molar-refractivity contribution in [2.75, 3.05) is 26.2 Å². The number of benzene rings is 2. The van der Waals surface area contributed by atoms with Gasteiger partial charge in [0.1, 0.15) is 5.82 Å². The Morgan fingerprint density at radius 2 is 1.73 bits per heavy atom. The Bertz CT molecular complexity index is 1490. The number of allylic oxidation sites excluding steroid dienone is 1. The third-order valence-corrected chi connectivity index (χ3v) is 8.39. The van der Waals surface area contributed by atoms with E-state index in [9.17, 15) is 18.0 Å². The van der Waals surface area contributed by atoms with Crippen molar-refractivity contribution in [3.63, 3.8) is 0 Å². The minimum absolute atomic E-state index is 0.215. The average Bonchev–Trinajstić information content (AvgIpc) is 3.68. The summed E-state index contributed by atoms with van der Waals surface area (Å²) < 4.78 is 40.3. The number of aromatic nitrogens is 3. The molecule has 2 aliphatic rings. The van der Waals surface area contributed by atoms with Crippen molar-refractivity contribution in [1.82, 2.24) is 29.9 Å². The van der Waals surface area contributed by atoms with Crippen LogP contribution in [0.2, 0.25) is 0 Å². The highest BCUT2D eigenvalue weighted by Gasteiger charge is 2.32. The van der Waals surface area contributed by atoms with Crippen LogP contribution in [-0.2, 0) is 6.54 Å². The van der Waals surface area contributed by atoms with E-state index in [0.717, 1.165) is 69.8 Å². The predicted molar refractivity (Wildman–Crippen MR) is 150 cm³/mol. The fourth-order valence-corrected chi connectivity index (χ4v) is 6.16. The van der Waals surface area contributed by atoms with Crippen LogP contribution in [0.25, 0.3) is 10.9 Å². The molecule has 0 saturated carbocycles. The van der Waals surface area contributed by atoms with Gasteiger partial charge in [-0.05, 0) is 55.4 Å². The van der Waals surface area contributed by atoms with Gasteiger partial charge in [0.05, 0.1) is 6.54 Å². The average molecular weight is 563 g/mol. The van der Waals surface area contributed by atoms with Crippen molar-refractivity contribution in [3.05, 3.63) is 102 Å². The highest BCUT2D eigenvalue weighted by Crippen LogP contribution is 2.34. The van der Waals surface area contributed by atoms with Crippen LogP contribution >= 0.6 is 0 Å². The zero-order valence-electron chi connectivity index (χ0n) is 22.7. The van der Waals surface area contributed by atoms with Crippen LogP contribution in [0, 0.1) is 17.5 Å². The predicted octanol–water partition coefficient (Wildman–Crippen LogP) is 5.77. The van der Waals surface area contributed by atoms with Crippen LogP contribution in [0.15, 0.2) is 67.3 Å². The quantitative estimate of drug-likeness (QED) is 0.162. The Kier molecular flexibility index (Phi) is 7.93. The summed E-state index contributed by atoms with van der Waals surface area (Å²) in [5.41, 5.74) is 2.37. The number of hydrogen-bond donors (Lipinski definition) is 2. The number of nitrogens with zero attached hydrogens (tertiary/aromatic N) is 4. The number of piperidine rings is 2. The number of halogens is 3. The lowest BCUT2D eigenvalue weighted by atomic mass is 9.89. The van der Waals surface area contributed by atoms with Gasteiger partial charge in [0.2, 0.25) is 0 Å². The van der Waals surface area contributed by atoms with E-state index in [1.165, 1.54) is 22.5 Å². The summed E-state index contributed by atoms with van der Waals surface area (Å²) >= 11 is 0. The lowest BCUT2D eigenvalue weighted by molar-refractivity contribution is -0.0962. The van der Waals surface area contributed by atoms with Gasteiger partial charge in [-0.25, -0.2) is 28.2 Å². The second kappa shape index (κ2) is 11.9. The molecule has 4 heterocycles. The molecule has 6 rings (SSSR count). The number of carbonyl (C=O) groups excluding carboxylic acids is 1. The van der Waals surface area contributed by atoms with E-state index in [0.29, 0.717) is 18.5 Å². The van der Waals surface area contributed by atoms with Gasteiger partial charge in [-0.15, -0.1) is 0 Å². The molecule has 0 bridgehead atoms. The van der Waals surface area contributed by atoms with Crippen LogP contribution in [0.4, 0.5) is 13.2 Å². The summed E-state index contributed by atoms with van der Waals surface area (Å²) in [6.45, 7) is 4.10. The van der Waals surface area contributed by atoms with Crippen LogP contribution in [0.5, 0.6) is 0 Å². The Morgan fingerprint density at radius 1 is 1.00 bits per heavy atom. The lowest BCUT2D eigenvalue weighted by Gasteiger charge is -2.46. The number of carbonyl (C=O) groups is 1. The summed E-state index contributed by atoms with van der Waals surface area (Å²) in [6, 6.07) is 10.2. The Hall–Kier alpha value is -3.89. The van der Waals surface area contributed by atoms with Gasteiger partial charge in [-0.2, -0.15) is 0 Å². The second-order valence-corrected chi connectivity index (χ2v) is 10.9. The van der Waals surface area contributed by atoms with Crippen molar-refractivity contribution < 1.29 is 18.0 Å². The first kappa shape index (κ1) is 27.3. The van der Waals surface area contributed by atoms with Gasteiger partial charge in [-0.1, -0.05) is 18.2 Å². The van der Waals surface area contributed by atoms with Crippen molar-refractivity contribution in [3.8, 4) is 0 Å². The number of hydrazine groups is 1. The zero-order valence-corrected chi connectivity index (χ0v) is 22.7. The zero-order chi connectivity index (χ0) is 28.3. The molecule has 2 N–H and O–H groups in total. The summed E-state index contributed by atoms with van der Waals surface area (Å²) in [5, 5.41) is 6.25. The molecule has 0 aliphatic carbocycles. The highest BCUT2D eigenvalue weighted by molar-refractivity contribution is 6.04. The van der Waals surface area contributed by atoms with Gasteiger partial charge in [0.25, 0.3) is 0 Å². The monoisotopic (exact) mass is 562 g/mol. The van der Waals surface area contributed by atoms with E-state index in [1.54, 1.807) is 12.4 Å². The summed E-state index contributed by atoms with van der Waals surface area (Å²) in [5.74, 6) is -3.44. The molecule has 41 heavy (non-hydrogen) atoms. The van der Waals surface area contributed by atoms with E-state index in [-0.39, 0.29) is 5.56 Å². The van der Waals surface area contributed by atoms with E-state index < -0.39 is 23.2 Å². The Morgan fingerprint density at radius 3 is 2.44 bits per heavy atom. The van der Waals surface area contributed by atoms with Gasteiger partial charge >= 0.3 is 0 Å². The molecule has 0 atom stereocenters. The molecule has 10 heteroatoms. The number of likely N-dealkylation sites (tertiary alicyclic amines) is 1. The Balaban J connectivity index is 1.08. The lowest BCUT2D eigenvalue weighted by Crippen LogP contribution is -2.54. The minimum atomic E-state index is -1.58. The second-order valence-electron chi connectivity index (χ2n) is 10.9. The number of imidazole rings is 1. The number of hydrogen-bond acceptors (Lipinski definition) is 5. The highest BCUT2D eigenvalue weighted by atomic mass is 19.2. The van der Waals surface area contributed by atoms with Crippen LogP contribution in [0.1, 0.15) is 53.3 Å². The number of rotatable bonds is 8. The molecule has 0 spiro atoms. The fraction of sp³-hybridized carbons (Fsp3) is 0.355. The van der Waals surface area contributed by atoms with Crippen LogP contribution in [-0.4, -0.2) is 67.9 Å². The van der Waals surface area contributed by atoms with Gasteiger partial charge < -0.3 is 14.9 Å². The topological polar surface area (TPSA) is 71.3 Å². The summed E-state index contributed by atoms with van der Waals surface area (Å²) in [7, 11) is 0. The van der Waals surface area contributed by atoms with Crippen LogP contribution < -0.4 is 0 Å². The number of para-hydroxylation sites is 1. The number of H-pyrrole nitrogens is 2. The molecule has 4 aromatic rings. The van der Waals surface area contributed by atoms with Crippen LogP contribution in [0.3, 0.4) is 0 Å². The van der Waals surface area contributed by atoms with Gasteiger partial charge in [-0.3, -0.25) is 4.79 Å². The van der Waals surface area contributed by atoms with Gasteiger partial charge in [0, 0.05) is 79.6 Å². The van der Waals surface area contributed by atoms with Gasteiger partial charge in [0.15, 0.2) is 23.2 Å². The minimum Gasteiger partial charge on any atom is -0.377 e. The first-order valence-electron chi connectivity index (χ1n) is 14.1. The largest absolute Gasteiger partial charge is 0.377 e. The summed E-state index contributed by atoms with van der Waals surface area (Å²) in [6.07, 6.45) is 12.7. The molecule has 2 aromatic heterocycles. The molecule has 0 amide bonds. The molecular formula is C31H33F3N6O. The molecule has 2 fully saturated rings. The smallest absolute Gasteiger partial charge is 0.194 e. The normalized spacial score (nSPS) is 17.8. The summed E-state index contributed by atoms with van der Waals surface area (Å²) in [4.78, 5) is 25.6. The first-order chi connectivity index (χ1) is 20.0. The third kappa shape index (κ3) is 5.94. The van der Waals surface area contributed by atoms with Crippen molar-refractivity contribution in [2.45, 2.75) is 44.2 Å². The number of fused-ring (bicyclic) bond motifs is 1. The molecule has 214 valence electrons. The standard InChI is InChI=1S/C31H33F3N6O/c32-26-17-22(18-27(33)31(26)34)29(41)9-14-38-12-7-23(8-13-38)40(20-30-35-10-11-36-30)39-15-5-21(6-16-39)25-19-37-28-4-2-1-3-24(25)28/h1-4,9-11,14,17-19,21,23,37H,5-8,12-13,15-16,20H2,(H,35,36). The van der Waals surface area contributed by atoms with E-state index in [4.69, 9.17) is 0 Å². The maximum absolute atomic E-state index is 13.5. The maximum atomic E-state index is 13.5. The molecule has 0 radical (unpaired) electrons. The van der Waals surface area contributed by atoms with E-state index in [1.807, 2.05) is 11.1 Å². The molecule has 2 aliphatic heterocycles. The fourth-order valence-electron chi connectivity index (χ4n) is 6.16. The number of aromatic amines is 2. The number of nitrogens with one attached hydrogen (secondary N) is 2. The number of ketones is 1. The molecule has 2 saturated heterocycles.